The van der Waals surface area contributed by atoms with Crippen LogP contribution in [-0.4, -0.2) is 48.2 Å². The monoisotopic (exact) mass is 391 g/mol. The maximum absolute atomic E-state index is 12.8. The van der Waals surface area contributed by atoms with Crippen LogP contribution < -0.4 is 10.6 Å². The molecular formula is C22H37N3O3. The van der Waals surface area contributed by atoms with Gasteiger partial charge in [-0.15, -0.1) is 0 Å². The molecule has 0 aromatic heterocycles. The van der Waals surface area contributed by atoms with Gasteiger partial charge in [0.05, 0.1) is 6.04 Å². The van der Waals surface area contributed by atoms with Crippen LogP contribution in [0.3, 0.4) is 0 Å². The summed E-state index contributed by atoms with van der Waals surface area (Å²) in [5.74, 6) is -0.259. The summed E-state index contributed by atoms with van der Waals surface area (Å²) in [6.07, 6.45) is -0.579. The number of benzene rings is 1. The standard InChI is InChI=1S/C22H37N3O3/c1-8-25(9-2)18(17-13-11-10-12-14-17)15-23-20(26)19(16(3)4)24-21(27)28-22(5,6)7/h10-14,16,18-19H,8-9,15H2,1-7H3,(H,23,26)(H,24,27). The van der Waals surface area contributed by atoms with Gasteiger partial charge in [-0.25, -0.2) is 4.79 Å². The first kappa shape index (κ1) is 24.0. The molecule has 158 valence electrons. The summed E-state index contributed by atoms with van der Waals surface area (Å²) < 4.78 is 5.30. The van der Waals surface area contributed by atoms with Crippen LogP contribution in [0.1, 0.15) is 60.1 Å². The van der Waals surface area contributed by atoms with Crippen LogP contribution >= 0.6 is 0 Å². The second-order valence-electron chi connectivity index (χ2n) is 8.26. The Balaban J connectivity index is 2.83. The first-order chi connectivity index (χ1) is 13.1. The minimum absolute atomic E-state index is 0.0591. The van der Waals surface area contributed by atoms with Gasteiger partial charge in [-0.3, -0.25) is 9.69 Å². The number of amides is 2. The van der Waals surface area contributed by atoms with Crippen LogP contribution in [0.5, 0.6) is 0 Å². The van der Waals surface area contributed by atoms with Crippen LogP contribution in [0.15, 0.2) is 30.3 Å². The summed E-state index contributed by atoms with van der Waals surface area (Å²) in [6, 6.07) is 9.59. The number of alkyl carbamates (subject to hydrolysis) is 1. The van der Waals surface area contributed by atoms with Gasteiger partial charge in [-0.1, -0.05) is 58.0 Å². The Morgan fingerprint density at radius 1 is 1.07 bits per heavy atom. The number of hydrogen-bond acceptors (Lipinski definition) is 4. The lowest BCUT2D eigenvalue weighted by Crippen LogP contribution is -2.52. The van der Waals surface area contributed by atoms with Crippen LogP contribution in [0.4, 0.5) is 4.79 Å². The molecule has 2 unspecified atom stereocenters. The maximum Gasteiger partial charge on any atom is 0.408 e. The fourth-order valence-corrected chi connectivity index (χ4v) is 3.07. The van der Waals surface area contributed by atoms with E-state index in [2.05, 4.69) is 41.5 Å². The number of hydrogen-bond donors (Lipinski definition) is 2. The van der Waals surface area contributed by atoms with E-state index in [0.717, 1.165) is 18.7 Å². The van der Waals surface area contributed by atoms with Gasteiger partial charge in [0.15, 0.2) is 0 Å². The van der Waals surface area contributed by atoms with E-state index in [1.165, 1.54) is 0 Å². The lowest BCUT2D eigenvalue weighted by molar-refractivity contribution is -0.124. The van der Waals surface area contributed by atoms with Gasteiger partial charge in [0, 0.05) is 6.54 Å². The fraction of sp³-hybridized carbons (Fsp3) is 0.636. The van der Waals surface area contributed by atoms with Crippen LogP contribution in [0.2, 0.25) is 0 Å². The highest BCUT2D eigenvalue weighted by molar-refractivity contribution is 5.86. The quantitative estimate of drug-likeness (QED) is 0.673. The molecule has 0 radical (unpaired) electrons. The third-order valence-electron chi connectivity index (χ3n) is 4.53. The Hall–Kier alpha value is -2.08. The Kier molecular flexibility index (Phi) is 9.46. The molecule has 0 heterocycles. The average molecular weight is 392 g/mol. The van der Waals surface area contributed by atoms with Crippen molar-refractivity contribution in [1.29, 1.82) is 0 Å². The highest BCUT2D eigenvalue weighted by Crippen LogP contribution is 2.19. The van der Waals surface area contributed by atoms with E-state index in [-0.39, 0.29) is 17.9 Å². The zero-order chi connectivity index (χ0) is 21.3. The molecule has 6 nitrogen and oxygen atoms in total. The maximum atomic E-state index is 12.8. The van der Waals surface area contributed by atoms with Crippen molar-refractivity contribution in [3.05, 3.63) is 35.9 Å². The number of rotatable bonds is 9. The predicted octanol–water partition coefficient (Wildman–Crippen LogP) is 3.74. The topological polar surface area (TPSA) is 70.7 Å². The van der Waals surface area contributed by atoms with Crippen molar-refractivity contribution >= 4 is 12.0 Å². The molecule has 0 spiro atoms. The molecule has 28 heavy (non-hydrogen) atoms. The van der Waals surface area contributed by atoms with E-state index >= 15 is 0 Å². The van der Waals surface area contributed by atoms with E-state index in [1.807, 2.05) is 32.0 Å². The summed E-state index contributed by atoms with van der Waals surface area (Å²) >= 11 is 0. The van der Waals surface area contributed by atoms with Gasteiger partial charge in [-0.05, 0) is 45.3 Å². The molecule has 1 aromatic rings. The second-order valence-corrected chi connectivity index (χ2v) is 8.26. The van der Waals surface area contributed by atoms with Gasteiger partial charge in [0.1, 0.15) is 11.6 Å². The highest BCUT2D eigenvalue weighted by atomic mass is 16.6. The third kappa shape index (κ3) is 7.89. The van der Waals surface area contributed by atoms with Crippen molar-refractivity contribution in [2.75, 3.05) is 19.6 Å². The summed E-state index contributed by atoms with van der Waals surface area (Å²) in [5, 5.41) is 5.74. The number of carbonyl (C=O) groups is 2. The van der Waals surface area contributed by atoms with Crippen LogP contribution in [0, 0.1) is 5.92 Å². The van der Waals surface area contributed by atoms with Gasteiger partial charge in [0.2, 0.25) is 5.91 Å². The molecule has 0 aliphatic carbocycles. The van der Waals surface area contributed by atoms with E-state index in [0.29, 0.717) is 6.54 Å². The lowest BCUT2D eigenvalue weighted by atomic mass is 10.0. The molecule has 0 saturated heterocycles. The molecule has 2 amide bonds. The smallest absolute Gasteiger partial charge is 0.408 e. The van der Waals surface area contributed by atoms with E-state index in [4.69, 9.17) is 4.74 Å². The molecule has 0 aliphatic rings. The molecule has 0 bridgehead atoms. The summed E-state index contributed by atoms with van der Waals surface area (Å²) in [6.45, 7) is 15.7. The molecule has 0 fully saturated rings. The first-order valence-electron chi connectivity index (χ1n) is 10.1. The van der Waals surface area contributed by atoms with Crippen LogP contribution in [0.25, 0.3) is 0 Å². The SMILES string of the molecule is CCN(CC)C(CNC(=O)C(NC(=O)OC(C)(C)C)C(C)C)c1ccccc1. The Morgan fingerprint density at radius 2 is 1.64 bits per heavy atom. The molecule has 0 saturated carbocycles. The Morgan fingerprint density at radius 3 is 2.11 bits per heavy atom. The largest absolute Gasteiger partial charge is 0.444 e. The Labute approximate surface area is 170 Å². The first-order valence-corrected chi connectivity index (χ1v) is 10.1. The van der Waals surface area contributed by atoms with Crippen LogP contribution in [-0.2, 0) is 9.53 Å². The molecule has 2 atom stereocenters. The number of likely N-dealkylation sites (N-methyl/N-ethyl adjacent to an activating group) is 1. The molecule has 6 heteroatoms. The second kappa shape index (κ2) is 11.1. The predicted molar refractivity (Wildman–Crippen MR) is 113 cm³/mol. The van der Waals surface area contributed by atoms with E-state index in [9.17, 15) is 9.59 Å². The number of ether oxygens (including phenoxy) is 1. The minimum Gasteiger partial charge on any atom is -0.444 e. The average Bonchev–Trinajstić information content (AvgIpc) is 2.62. The summed E-state index contributed by atoms with van der Waals surface area (Å²) in [7, 11) is 0. The molecule has 0 aliphatic heterocycles. The zero-order valence-corrected chi connectivity index (χ0v) is 18.4. The molecular weight excluding hydrogens is 354 g/mol. The highest BCUT2D eigenvalue weighted by Gasteiger charge is 2.28. The molecule has 2 N–H and O–H groups in total. The Bertz CT molecular complexity index is 607. The van der Waals surface area contributed by atoms with Crippen molar-refractivity contribution in [2.24, 2.45) is 5.92 Å². The van der Waals surface area contributed by atoms with Crippen molar-refractivity contribution in [3.63, 3.8) is 0 Å². The molecule has 1 aromatic carbocycles. The zero-order valence-electron chi connectivity index (χ0n) is 18.4. The van der Waals surface area contributed by atoms with Gasteiger partial charge < -0.3 is 15.4 Å². The van der Waals surface area contributed by atoms with Gasteiger partial charge >= 0.3 is 6.09 Å². The number of carbonyl (C=O) groups excluding carboxylic acids is 2. The lowest BCUT2D eigenvalue weighted by Gasteiger charge is -2.31. The van der Waals surface area contributed by atoms with Crippen molar-refractivity contribution in [3.8, 4) is 0 Å². The number of nitrogens with zero attached hydrogens (tertiary/aromatic N) is 1. The summed E-state index contributed by atoms with van der Waals surface area (Å²) in [5.41, 5.74) is 0.552. The normalized spacial score (nSPS) is 13.9. The van der Waals surface area contributed by atoms with Gasteiger partial charge in [-0.2, -0.15) is 0 Å². The van der Waals surface area contributed by atoms with Gasteiger partial charge in [0.25, 0.3) is 0 Å². The van der Waals surface area contributed by atoms with Crippen molar-refractivity contribution in [1.82, 2.24) is 15.5 Å². The van der Waals surface area contributed by atoms with E-state index in [1.54, 1.807) is 20.8 Å². The van der Waals surface area contributed by atoms with Crippen molar-refractivity contribution < 1.29 is 14.3 Å². The minimum atomic E-state index is -0.650. The third-order valence-corrected chi connectivity index (χ3v) is 4.53. The molecule has 1 rings (SSSR count). The number of nitrogens with one attached hydrogen (secondary N) is 2. The summed E-state index contributed by atoms with van der Waals surface area (Å²) in [4.78, 5) is 27.2. The van der Waals surface area contributed by atoms with Crippen molar-refractivity contribution in [2.45, 2.75) is 66.2 Å². The van der Waals surface area contributed by atoms with E-state index < -0.39 is 17.7 Å². The fourth-order valence-electron chi connectivity index (χ4n) is 3.07.